The van der Waals surface area contributed by atoms with E-state index < -0.39 is 5.54 Å². The number of nitrogens with two attached hydrogens (primary N) is 1. The first-order valence-electron chi connectivity index (χ1n) is 6.19. The van der Waals surface area contributed by atoms with Gasteiger partial charge in [0.1, 0.15) is 5.54 Å². The van der Waals surface area contributed by atoms with Gasteiger partial charge in [-0.25, -0.2) is 0 Å². The van der Waals surface area contributed by atoms with Gasteiger partial charge in [-0.05, 0) is 26.8 Å². The van der Waals surface area contributed by atoms with Gasteiger partial charge >= 0.3 is 0 Å². The molecule has 0 radical (unpaired) electrons. The Labute approximate surface area is 97.9 Å². The van der Waals surface area contributed by atoms with Crippen LogP contribution in [0.25, 0.3) is 0 Å². The second-order valence-electron chi connectivity index (χ2n) is 4.87. The smallest absolute Gasteiger partial charge is 0.239 e. The highest BCUT2D eigenvalue weighted by Crippen LogP contribution is 2.20. The summed E-state index contributed by atoms with van der Waals surface area (Å²) >= 11 is 0. The molecule has 0 bridgehead atoms. The highest BCUT2D eigenvalue weighted by Gasteiger charge is 2.30. The van der Waals surface area contributed by atoms with Crippen LogP contribution in [0.15, 0.2) is 0 Å². The fourth-order valence-corrected chi connectivity index (χ4v) is 1.96. The number of likely N-dealkylation sites (N-methyl/N-ethyl adjacent to an activating group) is 1. The summed E-state index contributed by atoms with van der Waals surface area (Å²) in [7, 11) is 1.74. The Bertz CT molecular complexity index is 225. The quantitative estimate of drug-likeness (QED) is 0.695. The average molecular weight is 228 g/mol. The summed E-state index contributed by atoms with van der Waals surface area (Å²) in [4.78, 5) is 11.3. The summed E-state index contributed by atoms with van der Waals surface area (Å²) in [6, 6.07) is 0. The van der Waals surface area contributed by atoms with Gasteiger partial charge in [-0.2, -0.15) is 0 Å². The highest BCUT2D eigenvalue weighted by atomic mass is 16.5. The lowest BCUT2D eigenvalue weighted by Crippen LogP contribution is -2.55. The SMILES string of the molecule is CNC(C)(COC1CCCCCC1)C(N)=O. The molecule has 1 amide bonds. The highest BCUT2D eigenvalue weighted by molar-refractivity contribution is 5.84. The Balaban J connectivity index is 2.39. The third-order valence-corrected chi connectivity index (χ3v) is 3.51. The zero-order valence-corrected chi connectivity index (χ0v) is 10.4. The van der Waals surface area contributed by atoms with Crippen LogP contribution in [-0.2, 0) is 9.53 Å². The Kier molecular flexibility index (Phi) is 5.22. The predicted molar refractivity (Wildman–Crippen MR) is 64.1 cm³/mol. The van der Waals surface area contributed by atoms with Gasteiger partial charge < -0.3 is 15.8 Å². The summed E-state index contributed by atoms with van der Waals surface area (Å²) in [5, 5.41) is 2.93. The first kappa shape index (κ1) is 13.5. The molecule has 1 aliphatic carbocycles. The van der Waals surface area contributed by atoms with Crippen LogP contribution >= 0.6 is 0 Å². The minimum atomic E-state index is -0.744. The van der Waals surface area contributed by atoms with Gasteiger partial charge in [0.15, 0.2) is 0 Å². The molecule has 1 fully saturated rings. The minimum Gasteiger partial charge on any atom is -0.376 e. The molecule has 1 unspecified atom stereocenters. The van der Waals surface area contributed by atoms with Gasteiger partial charge in [-0.1, -0.05) is 25.7 Å². The monoisotopic (exact) mass is 228 g/mol. The van der Waals surface area contributed by atoms with Crippen molar-refractivity contribution in [2.75, 3.05) is 13.7 Å². The van der Waals surface area contributed by atoms with Crippen molar-refractivity contribution in [3.8, 4) is 0 Å². The Morgan fingerprint density at radius 2 is 1.94 bits per heavy atom. The van der Waals surface area contributed by atoms with Crippen molar-refractivity contribution in [3.05, 3.63) is 0 Å². The maximum Gasteiger partial charge on any atom is 0.239 e. The number of hydrogen-bond acceptors (Lipinski definition) is 3. The van der Waals surface area contributed by atoms with Crippen LogP contribution in [0.4, 0.5) is 0 Å². The molecule has 4 heteroatoms. The summed E-state index contributed by atoms with van der Waals surface area (Å²) in [5.41, 5.74) is 4.60. The standard InChI is InChI=1S/C12H24N2O2/c1-12(14-2,11(13)15)9-16-10-7-5-3-4-6-8-10/h10,14H,3-9H2,1-2H3,(H2,13,15). The summed E-state index contributed by atoms with van der Waals surface area (Å²) in [6.45, 7) is 2.15. The van der Waals surface area contributed by atoms with E-state index in [2.05, 4.69) is 5.32 Å². The first-order chi connectivity index (χ1) is 7.58. The van der Waals surface area contributed by atoms with Crippen molar-refractivity contribution < 1.29 is 9.53 Å². The predicted octanol–water partition coefficient (Wildman–Crippen LogP) is 1.19. The van der Waals surface area contributed by atoms with Gasteiger partial charge in [-0.15, -0.1) is 0 Å². The second-order valence-corrected chi connectivity index (χ2v) is 4.87. The van der Waals surface area contributed by atoms with E-state index in [0.717, 1.165) is 12.8 Å². The zero-order chi connectivity index (χ0) is 12.0. The number of primary amides is 1. The zero-order valence-electron chi connectivity index (χ0n) is 10.4. The van der Waals surface area contributed by atoms with Gasteiger partial charge in [0, 0.05) is 0 Å². The molecular formula is C12H24N2O2. The number of ether oxygens (including phenoxy) is 1. The second kappa shape index (κ2) is 6.21. The molecular weight excluding hydrogens is 204 g/mol. The van der Waals surface area contributed by atoms with Crippen LogP contribution in [0.5, 0.6) is 0 Å². The van der Waals surface area contributed by atoms with Gasteiger partial charge in [0.2, 0.25) is 5.91 Å². The Hall–Kier alpha value is -0.610. The number of carbonyl (C=O) groups excluding carboxylic acids is 1. The Morgan fingerprint density at radius 1 is 1.38 bits per heavy atom. The molecule has 0 aromatic rings. The summed E-state index contributed by atoms with van der Waals surface area (Å²) in [5.74, 6) is -0.358. The van der Waals surface area contributed by atoms with Gasteiger partial charge in [0.05, 0.1) is 12.7 Å². The maximum absolute atomic E-state index is 11.3. The third-order valence-electron chi connectivity index (χ3n) is 3.51. The van der Waals surface area contributed by atoms with Crippen LogP contribution < -0.4 is 11.1 Å². The largest absolute Gasteiger partial charge is 0.376 e. The minimum absolute atomic E-state index is 0.300. The van der Waals surface area contributed by atoms with Crippen LogP contribution in [-0.4, -0.2) is 31.2 Å². The molecule has 94 valence electrons. The molecule has 0 aliphatic heterocycles. The van der Waals surface area contributed by atoms with Crippen LogP contribution in [0, 0.1) is 0 Å². The molecule has 1 aliphatic rings. The number of carbonyl (C=O) groups is 1. The summed E-state index contributed by atoms with van der Waals surface area (Å²) in [6.07, 6.45) is 7.60. The summed E-state index contributed by atoms with van der Waals surface area (Å²) < 4.78 is 5.82. The fourth-order valence-electron chi connectivity index (χ4n) is 1.96. The van der Waals surface area contributed by atoms with Crippen LogP contribution in [0.2, 0.25) is 0 Å². The molecule has 3 N–H and O–H groups in total. The molecule has 16 heavy (non-hydrogen) atoms. The van der Waals surface area contributed by atoms with Crippen molar-refractivity contribution >= 4 is 5.91 Å². The van der Waals surface area contributed by atoms with Crippen molar-refractivity contribution in [3.63, 3.8) is 0 Å². The lowest BCUT2D eigenvalue weighted by atomic mass is 10.0. The van der Waals surface area contributed by atoms with Crippen molar-refractivity contribution in [2.45, 2.75) is 57.1 Å². The number of hydrogen-bond donors (Lipinski definition) is 2. The van der Waals surface area contributed by atoms with E-state index in [4.69, 9.17) is 10.5 Å². The normalized spacial score (nSPS) is 22.4. The van der Waals surface area contributed by atoms with Gasteiger partial charge in [-0.3, -0.25) is 4.79 Å². The van der Waals surface area contributed by atoms with Crippen molar-refractivity contribution in [1.29, 1.82) is 0 Å². The molecule has 1 rings (SSSR count). The molecule has 1 atom stereocenters. The van der Waals surface area contributed by atoms with E-state index in [1.165, 1.54) is 25.7 Å². The van der Waals surface area contributed by atoms with Crippen molar-refractivity contribution in [1.82, 2.24) is 5.32 Å². The topological polar surface area (TPSA) is 64.3 Å². The molecule has 0 spiro atoms. The van der Waals surface area contributed by atoms with Crippen LogP contribution in [0.3, 0.4) is 0 Å². The van der Waals surface area contributed by atoms with E-state index in [-0.39, 0.29) is 5.91 Å². The maximum atomic E-state index is 11.3. The molecule has 0 heterocycles. The number of nitrogens with one attached hydrogen (secondary N) is 1. The molecule has 0 aromatic heterocycles. The lowest BCUT2D eigenvalue weighted by molar-refractivity contribution is -0.127. The third kappa shape index (κ3) is 3.76. The molecule has 1 saturated carbocycles. The van der Waals surface area contributed by atoms with E-state index in [9.17, 15) is 4.79 Å². The van der Waals surface area contributed by atoms with Crippen molar-refractivity contribution in [2.24, 2.45) is 5.73 Å². The van der Waals surface area contributed by atoms with Crippen LogP contribution in [0.1, 0.15) is 45.4 Å². The van der Waals surface area contributed by atoms with E-state index in [0.29, 0.717) is 12.7 Å². The van der Waals surface area contributed by atoms with Gasteiger partial charge in [0.25, 0.3) is 0 Å². The number of amides is 1. The van der Waals surface area contributed by atoms with E-state index in [1.807, 2.05) is 0 Å². The fraction of sp³-hybridized carbons (Fsp3) is 0.917. The van der Waals surface area contributed by atoms with E-state index >= 15 is 0 Å². The molecule has 0 aromatic carbocycles. The molecule has 4 nitrogen and oxygen atoms in total. The number of rotatable bonds is 5. The molecule has 0 saturated heterocycles. The Morgan fingerprint density at radius 3 is 2.38 bits per heavy atom. The van der Waals surface area contributed by atoms with E-state index in [1.54, 1.807) is 14.0 Å². The first-order valence-corrected chi connectivity index (χ1v) is 6.19. The lowest BCUT2D eigenvalue weighted by Gasteiger charge is -2.27. The average Bonchev–Trinajstić information content (AvgIpc) is 2.54.